The number of hydrogen-bond acceptors (Lipinski definition) is 4. The molecule has 0 aliphatic carbocycles. The Morgan fingerprint density at radius 2 is 1.81 bits per heavy atom. The molecule has 0 saturated heterocycles. The summed E-state index contributed by atoms with van der Waals surface area (Å²) in [5, 5.41) is 13.2. The molecule has 0 atom stereocenters. The standard InChI is InChI=1S/C19H13ClN2O4/c20-15-3-1-2-14(10-15)18(23)22-21-11-16-8-9-17(26-16)12-4-6-13(7-5-12)19(24)25/h1-11H,(H,22,23)(H,24,25). The van der Waals surface area contributed by atoms with Gasteiger partial charge in [-0.25, -0.2) is 10.2 Å². The molecule has 2 aromatic carbocycles. The number of carbonyl (C=O) groups is 2. The lowest BCUT2D eigenvalue weighted by Crippen LogP contribution is -2.17. The molecule has 2 N–H and O–H groups in total. The van der Waals surface area contributed by atoms with E-state index in [1.54, 1.807) is 42.5 Å². The van der Waals surface area contributed by atoms with Gasteiger partial charge in [0.25, 0.3) is 5.91 Å². The normalized spacial score (nSPS) is 10.8. The molecule has 1 heterocycles. The average molecular weight is 369 g/mol. The molecule has 1 amide bonds. The number of carboxylic acid groups (broad SMARTS) is 1. The van der Waals surface area contributed by atoms with Crippen LogP contribution < -0.4 is 5.43 Å². The molecule has 0 saturated carbocycles. The average Bonchev–Trinajstić information content (AvgIpc) is 3.10. The molecule has 26 heavy (non-hydrogen) atoms. The summed E-state index contributed by atoms with van der Waals surface area (Å²) >= 11 is 5.84. The fourth-order valence-corrected chi connectivity index (χ4v) is 2.39. The molecule has 0 radical (unpaired) electrons. The van der Waals surface area contributed by atoms with Gasteiger partial charge in [0.15, 0.2) is 0 Å². The number of halogens is 1. The third-order valence-corrected chi connectivity index (χ3v) is 3.72. The smallest absolute Gasteiger partial charge is 0.335 e. The number of aromatic carboxylic acids is 1. The number of benzene rings is 2. The summed E-state index contributed by atoms with van der Waals surface area (Å²) in [6.45, 7) is 0. The van der Waals surface area contributed by atoms with Crippen LogP contribution in [-0.2, 0) is 0 Å². The highest BCUT2D eigenvalue weighted by atomic mass is 35.5. The second-order valence-electron chi connectivity index (χ2n) is 5.29. The van der Waals surface area contributed by atoms with Gasteiger partial charge in [0.1, 0.15) is 11.5 Å². The van der Waals surface area contributed by atoms with Crippen LogP contribution in [0, 0.1) is 0 Å². The van der Waals surface area contributed by atoms with Crippen LogP contribution in [0.2, 0.25) is 5.02 Å². The zero-order valence-electron chi connectivity index (χ0n) is 13.3. The molecule has 0 aliphatic rings. The molecule has 6 nitrogen and oxygen atoms in total. The van der Waals surface area contributed by atoms with Crippen LogP contribution >= 0.6 is 11.6 Å². The SMILES string of the molecule is O=C(O)c1ccc(-c2ccc(C=NNC(=O)c3cccc(Cl)c3)o2)cc1. The highest BCUT2D eigenvalue weighted by molar-refractivity contribution is 6.30. The first-order chi connectivity index (χ1) is 12.5. The maximum atomic E-state index is 11.9. The first kappa shape index (κ1) is 17.4. The van der Waals surface area contributed by atoms with Gasteiger partial charge < -0.3 is 9.52 Å². The van der Waals surface area contributed by atoms with E-state index in [2.05, 4.69) is 10.5 Å². The summed E-state index contributed by atoms with van der Waals surface area (Å²) in [7, 11) is 0. The van der Waals surface area contributed by atoms with Crippen molar-refractivity contribution in [3.63, 3.8) is 0 Å². The van der Waals surface area contributed by atoms with E-state index in [1.807, 2.05) is 0 Å². The minimum atomic E-state index is -0.987. The number of carboxylic acids is 1. The summed E-state index contributed by atoms with van der Waals surface area (Å²) in [5.41, 5.74) is 3.72. The number of carbonyl (C=O) groups excluding carboxylic acids is 1. The Balaban J connectivity index is 1.65. The largest absolute Gasteiger partial charge is 0.478 e. The van der Waals surface area contributed by atoms with Gasteiger partial charge in [0.05, 0.1) is 11.8 Å². The van der Waals surface area contributed by atoms with Gasteiger partial charge in [0.2, 0.25) is 0 Å². The molecular weight excluding hydrogens is 356 g/mol. The molecule has 0 fully saturated rings. The van der Waals surface area contributed by atoms with Crippen molar-refractivity contribution in [1.29, 1.82) is 0 Å². The maximum Gasteiger partial charge on any atom is 0.335 e. The van der Waals surface area contributed by atoms with E-state index in [4.69, 9.17) is 21.1 Å². The Bertz CT molecular complexity index is 977. The van der Waals surface area contributed by atoms with E-state index in [0.717, 1.165) is 5.56 Å². The van der Waals surface area contributed by atoms with E-state index in [-0.39, 0.29) is 11.5 Å². The lowest BCUT2D eigenvalue weighted by Gasteiger charge is -1.99. The fraction of sp³-hybridized carbons (Fsp3) is 0. The van der Waals surface area contributed by atoms with Crippen molar-refractivity contribution in [2.24, 2.45) is 5.10 Å². The Morgan fingerprint density at radius 1 is 1.04 bits per heavy atom. The monoisotopic (exact) mass is 368 g/mol. The van der Waals surface area contributed by atoms with E-state index >= 15 is 0 Å². The number of hydrazone groups is 1. The van der Waals surface area contributed by atoms with Crippen molar-refractivity contribution < 1.29 is 19.1 Å². The van der Waals surface area contributed by atoms with Crippen molar-refractivity contribution in [3.05, 3.63) is 82.6 Å². The molecule has 3 aromatic rings. The number of rotatable bonds is 5. The first-order valence-electron chi connectivity index (χ1n) is 7.55. The van der Waals surface area contributed by atoms with Crippen LogP contribution in [0.4, 0.5) is 0 Å². The van der Waals surface area contributed by atoms with Crippen LogP contribution in [-0.4, -0.2) is 23.2 Å². The van der Waals surface area contributed by atoms with Gasteiger partial charge in [-0.2, -0.15) is 5.10 Å². The highest BCUT2D eigenvalue weighted by Gasteiger charge is 2.07. The summed E-state index contributed by atoms with van der Waals surface area (Å²) in [4.78, 5) is 22.8. The first-order valence-corrected chi connectivity index (χ1v) is 7.93. The van der Waals surface area contributed by atoms with E-state index in [1.165, 1.54) is 24.4 Å². The Hall–Kier alpha value is -3.38. The zero-order valence-corrected chi connectivity index (χ0v) is 14.1. The van der Waals surface area contributed by atoms with Crippen molar-refractivity contribution in [3.8, 4) is 11.3 Å². The predicted octanol–water partition coefficient (Wildman–Crippen LogP) is 4.06. The van der Waals surface area contributed by atoms with E-state index in [0.29, 0.717) is 22.1 Å². The minimum absolute atomic E-state index is 0.200. The van der Waals surface area contributed by atoms with Gasteiger partial charge >= 0.3 is 5.97 Å². The second kappa shape index (κ2) is 7.67. The van der Waals surface area contributed by atoms with Crippen molar-refractivity contribution in [1.82, 2.24) is 5.43 Å². The molecule has 0 bridgehead atoms. The third-order valence-electron chi connectivity index (χ3n) is 3.49. The Kier molecular flexibility index (Phi) is 5.15. The van der Waals surface area contributed by atoms with Crippen molar-refractivity contribution in [2.75, 3.05) is 0 Å². The molecule has 0 aliphatic heterocycles. The molecule has 130 valence electrons. The fourth-order valence-electron chi connectivity index (χ4n) is 2.20. The van der Waals surface area contributed by atoms with Gasteiger partial charge in [-0.05, 0) is 42.5 Å². The topological polar surface area (TPSA) is 91.9 Å². The maximum absolute atomic E-state index is 11.9. The zero-order chi connectivity index (χ0) is 18.5. The second-order valence-corrected chi connectivity index (χ2v) is 5.73. The summed E-state index contributed by atoms with van der Waals surface area (Å²) in [6, 6.07) is 16.3. The summed E-state index contributed by atoms with van der Waals surface area (Å²) < 4.78 is 5.61. The van der Waals surface area contributed by atoms with E-state index < -0.39 is 5.97 Å². The van der Waals surface area contributed by atoms with Gasteiger partial charge in [0, 0.05) is 16.1 Å². The molecule has 3 rings (SSSR count). The predicted molar refractivity (Wildman–Crippen MR) is 97.6 cm³/mol. The van der Waals surface area contributed by atoms with Crippen LogP contribution in [0.25, 0.3) is 11.3 Å². The van der Waals surface area contributed by atoms with Gasteiger partial charge in [-0.1, -0.05) is 29.8 Å². The summed E-state index contributed by atoms with van der Waals surface area (Å²) in [6.07, 6.45) is 1.37. The lowest BCUT2D eigenvalue weighted by atomic mass is 10.1. The van der Waals surface area contributed by atoms with Crippen LogP contribution in [0.5, 0.6) is 0 Å². The van der Waals surface area contributed by atoms with Crippen LogP contribution in [0.3, 0.4) is 0 Å². The number of nitrogens with zero attached hydrogens (tertiary/aromatic N) is 1. The van der Waals surface area contributed by atoms with Crippen LogP contribution in [0.15, 0.2) is 70.2 Å². The number of amides is 1. The Morgan fingerprint density at radius 3 is 2.50 bits per heavy atom. The molecule has 0 spiro atoms. The molecular formula is C19H13ClN2O4. The number of nitrogens with one attached hydrogen (secondary N) is 1. The van der Waals surface area contributed by atoms with Gasteiger partial charge in [-0.3, -0.25) is 4.79 Å². The van der Waals surface area contributed by atoms with E-state index in [9.17, 15) is 9.59 Å². The highest BCUT2D eigenvalue weighted by Crippen LogP contribution is 2.22. The Labute approximate surface area is 153 Å². The quantitative estimate of drug-likeness (QED) is 0.524. The van der Waals surface area contributed by atoms with Crippen molar-refractivity contribution in [2.45, 2.75) is 0 Å². The summed E-state index contributed by atoms with van der Waals surface area (Å²) in [5.74, 6) is -0.377. The molecule has 7 heteroatoms. The molecule has 1 aromatic heterocycles. The third kappa shape index (κ3) is 4.17. The van der Waals surface area contributed by atoms with Gasteiger partial charge in [-0.15, -0.1) is 0 Å². The van der Waals surface area contributed by atoms with Crippen molar-refractivity contribution >= 4 is 29.7 Å². The number of furan rings is 1. The molecule has 0 unspecified atom stereocenters. The minimum Gasteiger partial charge on any atom is -0.478 e. The lowest BCUT2D eigenvalue weighted by molar-refractivity contribution is 0.0696. The van der Waals surface area contributed by atoms with Crippen LogP contribution in [0.1, 0.15) is 26.5 Å². The number of hydrogen-bond donors (Lipinski definition) is 2.